The maximum atomic E-state index is 5.88. The minimum absolute atomic E-state index is 0.0555. The molecule has 0 heterocycles. The molecule has 3 heteroatoms. The fourth-order valence-electron chi connectivity index (χ4n) is 1.08. The Morgan fingerprint density at radius 1 is 1.38 bits per heavy atom. The van der Waals surface area contributed by atoms with Crippen molar-refractivity contribution in [2.24, 2.45) is 0 Å². The van der Waals surface area contributed by atoms with E-state index in [1.54, 1.807) is 7.11 Å². The van der Waals surface area contributed by atoms with Crippen molar-refractivity contribution in [2.45, 2.75) is 38.9 Å². The second kappa shape index (κ2) is 6.35. The van der Waals surface area contributed by atoms with Crippen molar-refractivity contribution < 1.29 is 9.47 Å². The Morgan fingerprint density at radius 2 is 2.00 bits per heavy atom. The van der Waals surface area contributed by atoms with Gasteiger partial charge in [0.05, 0.1) is 18.3 Å². The molecule has 0 amide bonds. The predicted octanol–water partition coefficient (Wildman–Crippen LogP) is 1.43. The van der Waals surface area contributed by atoms with Crippen LogP contribution >= 0.6 is 0 Å². The molecule has 80 valence electrons. The van der Waals surface area contributed by atoms with Crippen LogP contribution in [0.25, 0.3) is 0 Å². The van der Waals surface area contributed by atoms with E-state index >= 15 is 0 Å². The first-order valence-electron chi connectivity index (χ1n) is 4.87. The molecule has 0 spiro atoms. The molecular weight excluding hydrogens is 166 g/mol. The lowest BCUT2D eigenvalue weighted by Gasteiger charge is -2.29. The van der Waals surface area contributed by atoms with E-state index in [9.17, 15) is 0 Å². The highest BCUT2D eigenvalue weighted by Crippen LogP contribution is 2.16. The Morgan fingerprint density at radius 3 is 2.38 bits per heavy atom. The van der Waals surface area contributed by atoms with Gasteiger partial charge in [-0.05, 0) is 27.3 Å². The molecule has 13 heavy (non-hydrogen) atoms. The molecular formula is C10H23NO2. The Kier molecular flexibility index (Phi) is 6.29. The third-order valence-electron chi connectivity index (χ3n) is 2.12. The lowest BCUT2D eigenvalue weighted by molar-refractivity contribution is -0.0951. The largest absolute Gasteiger partial charge is 0.382 e. The average Bonchev–Trinajstić information content (AvgIpc) is 2.05. The van der Waals surface area contributed by atoms with E-state index in [4.69, 9.17) is 9.47 Å². The summed E-state index contributed by atoms with van der Waals surface area (Å²) in [6, 6.07) is 0. The zero-order valence-electron chi connectivity index (χ0n) is 9.52. The van der Waals surface area contributed by atoms with Crippen LogP contribution in [-0.4, -0.2) is 39.0 Å². The minimum Gasteiger partial charge on any atom is -0.382 e. The minimum atomic E-state index is -0.0555. The standard InChI is InChI=1S/C10H23NO2/c1-6-10(2,3)13-9(7-11-4)8-12-5/h9,11H,6-8H2,1-5H3. The molecule has 0 saturated heterocycles. The number of ether oxygens (including phenoxy) is 2. The van der Waals surface area contributed by atoms with Crippen molar-refractivity contribution in [1.82, 2.24) is 5.32 Å². The van der Waals surface area contributed by atoms with Crippen LogP contribution in [0.15, 0.2) is 0 Å². The van der Waals surface area contributed by atoms with Crippen molar-refractivity contribution in [3.63, 3.8) is 0 Å². The highest BCUT2D eigenvalue weighted by Gasteiger charge is 2.21. The number of hydrogen-bond acceptors (Lipinski definition) is 3. The van der Waals surface area contributed by atoms with Crippen molar-refractivity contribution in [3.8, 4) is 0 Å². The third-order valence-corrected chi connectivity index (χ3v) is 2.12. The van der Waals surface area contributed by atoms with E-state index in [-0.39, 0.29) is 11.7 Å². The summed E-state index contributed by atoms with van der Waals surface area (Å²) in [4.78, 5) is 0. The SMILES string of the molecule is CCC(C)(C)OC(CNC)COC. The van der Waals surface area contributed by atoms with Gasteiger partial charge in [-0.3, -0.25) is 0 Å². The first kappa shape index (κ1) is 12.9. The van der Waals surface area contributed by atoms with Crippen molar-refractivity contribution in [2.75, 3.05) is 27.3 Å². The van der Waals surface area contributed by atoms with Crippen LogP contribution in [0.5, 0.6) is 0 Å². The number of likely N-dealkylation sites (N-methyl/N-ethyl adjacent to an activating group) is 1. The van der Waals surface area contributed by atoms with E-state index in [1.165, 1.54) is 0 Å². The molecule has 0 aliphatic carbocycles. The van der Waals surface area contributed by atoms with Gasteiger partial charge < -0.3 is 14.8 Å². The highest BCUT2D eigenvalue weighted by molar-refractivity contribution is 4.70. The summed E-state index contributed by atoms with van der Waals surface area (Å²) in [5.74, 6) is 0. The van der Waals surface area contributed by atoms with Gasteiger partial charge in [0, 0.05) is 13.7 Å². The molecule has 0 bridgehead atoms. The van der Waals surface area contributed by atoms with Crippen LogP contribution in [0.3, 0.4) is 0 Å². The van der Waals surface area contributed by atoms with Crippen LogP contribution in [0.4, 0.5) is 0 Å². The van der Waals surface area contributed by atoms with Crippen LogP contribution in [-0.2, 0) is 9.47 Å². The molecule has 1 atom stereocenters. The van der Waals surface area contributed by atoms with Gasteiger partial charge in [-0.1, -0.05) is 6.92 Å². The molecule has 0 radical (unpaired) electrons. The summed E-state index contributed by atoms with van der Waals surface area (Å²) < 4.78 is 11.0. The van der Waals surface area contributed by atoms with Gasteiger partial charge in [0.25, 0.3) is 0 Å². The van der Waals surface area contributed by atoms with Crippen molar-refractivity contribution in [1.29, 1.82) is 0 Å². The molecule has 0 aromatic carbocycles. The van der Waals surface area contributed by atoms with Crippen molar-refractivity contribution >= 4 is 0 Å². The number of hydrogen-bond donors (Lipinski definition) is 1. The van der Waals surface area contributed by atoms with E-state index < -0.39 is 0 Å². The summed E-state index contributed by atoms with van der Waals surface area (Å²) in [7, 11) is 3.62. The van der Waals surface area contributed by atoms with Gasteiger partial charge >= 0.3 is 0 Å². The zero-order chi connectivity index (χ0) is 10.3. The Hall–Kier alpha value is -0.120. The zero-order valence-corrected chi connectivity index (χ0v) is 9.52. The molecule has 1 unspecified atom stereocenters. The van der Waals surface area contributed by atoms with E-state index in [0.29, 0.717) is 6.61 Å². The first-order chi connectivity index (χ1) is 6.05. The Bertz CT molecular complexity index is 120. The topological polar surface area (TPSA) is 30.5 Å². The van der Waals surface area contributed by atoms with E-state index in [1.807, 2.05) is 7.05 Å². The maximum Gasteiger partial charge on any atom is 0.0939 e. The van der Waals surface area contributed by atoms with Crippen LogP contribution in [0.1, 0.15) is 27.2 Å². The molecule has 0 fully saturated rings. The lowest BCUT2D eigenvalue weighted by atomic mass is 10.1. The molecule has 0 aliphatic heterocycles. The average molecular weight is 189 g/mol. The number of nitrogens with one attached hydrogen (secondary N) is 1. The molecule has 3 nitrogen and oxygen atoms in total. The summed E-state index contributed by atoms with van der Waals surface area (Å²) in [6.07, 6.45) is 1.15. The maximum absolute atomic E-state index is 5.88. The molecule has 1 N–H and O–H groups in total. The van der Waals surface area contributed by atoms with Gasteiger partial charge in [-0.2, -0.15) is 0 Å². The van der Waals surface area contributed by atoms with Crippen molar-refractivity contribution in [3.05, 3.63) is 0 Å². The second-order valence-electron chi connectivity index (χ2n) is 3.87. The van der Waals surface area contributed by atoms with E-state index in [0.717, 1.165) is 13.0 Å². The Labute approximate surface area is 81.8 Å². The van der Waals surface area contributed by atoms with Gasteiger partial charge in [0.1, 0.15) is 0 Å². The van der Waals surface area contributed by atoms with Gasteiger partial charge in [-0.15, -0.1) is 0 Å². The van der Waals surface area contributed by atoms with Crippen LogP contribution in [0, 0.1) is 0 Å². The summed E-state index contributed by atoms with van der Waals surface area (Å²) in [5, 5.41) is 3.09. The molecule has 0 rings (SSSR count). The van der Waals surface area contributed by atoms with Gasteiger partial charge in [0.15, 0.2) is 0 Å². The number of rotatable bonds is 7. The Balaban J connectivity index is 3.92. The molecule has 0 aromatic rings. The fourth-order valence-corrected chi connectivity index (χ4v) is 1.08. The number of methoxy groups -OCH3 is 1. The summed E-state index contributed by atoms with van der Waals surface area (Å²) >= 11 is 0. The second-order valence-corrected chi connectivity index (χ2v) is 3.87. The fraction of sp³-hybridized carbons (Fsp3) is 1.00. The summed E-state index contributed by atoms with van der Waals surface area (Å²) in [5.41, 5.74) is -0.0555. The van der Waals surface area contributed by atoms with Gasteiger partial charge in [0.2, 0.25) is 0 Å². The quantitative estimate of drug-likeness (QED) is 0.657. The third kappa shape index (κ3) is 6.02. The molecule has 0 saturated carbocycles. The summed E-state index contributed by atoms with van der Waals surface area (Å²) in [6.45, 7) is 7.81. The molecule has 0 aromatic heterocycles. The van der Waals surface area contributed by atoms with Crippen LogP contribution < -0.4 is 5.32 Å². The van der Waals surface area contributed by atoms with Crippen LogP contribution in [0.2, 0.25) is 0 Å². The molecule has 0 aliphatic rings. The monoisotopic (exact) mass is 189 g/mol. The van der Waals surface area contributed by atoms with Gasteiger partial charge in [-0.25, -0.2) is 0 Å². The highest BCUT2D eigenvalue weighted by atomic mass is 16.5. The first-order valence-corrected chi connectivity index (χ1v) is 4.87. The van der Waals surface area contributed by atoms with E-state index in [2.05, 4.69) is 26.1 Å². The lowest BCUT2D eigenvalue weighted by Crippen LogP contribution is -2.38. The smallest absolute Gasteiger partial charge is 0.0939 e. The normalized spacial score (nSPS) is 14.5. The predicted molar refractivity (Wildman–Crippen MR) is 55.0 cm³/mol.